The highest BCUT2D eigenvalue weighted by molar-refractivity contribution is 7.81. The molecular weight excluding hydrogens is 276 g/mol. The van der Waals surface area contributed by atoms with Crippen LogP contribution in [0.25, 0.3) is 0 Å². The molecule has 1 N–H and O–H groups in total. The molecule has 0 atom stereocenters. The van der Waals surface area contributed by atoms with Crippen molar-refractivity contribution in [1.82, 2.24) is 5.32 Å². The molecule has 1 rings (SSSR count). The molecule has 0 unspecified atom stereocenters. The first-order valence-corrected chi connectivity index (χ1v) is 8.08. The molecule has 1 fully saturated rings. The van der Waals surface area contributed by atoms with E-state index in [2.05, 4.69) is 44.2 Å². The lowest BCUT2D eigenvalue weighted by molar-refractivity contribution is 0.230. The number of hydrogen-bond acceptors (Lipinski definition) is 3. The van der Waals surface area contributed by atoms with Crippen LogP contribution < -0.4 is 5.32 Å². The van der Waals surface area contributed by atoms with Crippen molar-refractivity contribution in [3.63, 3.8) is 0 Å². The van der Waals surface area contributed by atoms with Gasteiger partial charge in [-0.3, -0.25) is 4.99 Å². The van der Waals surface area contributed by atoms with Gasteiger partial charge in [-0.15, -0.1) is 0 Å². The second-order valence-corrected chi connectivity index (χ2v) is 7.91. The molecule has 3 heteroatoms. The Morgan fingerprint density at radius 1 is 1.14 bits per heavy atom. The molecule has 118 valence electrons. The quantitative estimate of drug-likeness (QED) is 0.525. The van der Waals surface area contributed by atoms with Crippen LogP contribution >= 0.6 is 12.6 Å². The summed E-state index contributed by atoms with van der Waals surface area (Å²) in [5.41, 5.74) is 4.19. The highest BCUT2D eigenvalue weighted by Gasteiger charge is 2.37. The predicted molar refractivity (Wildman–Crippen MR) is 97.9 cm³/mol. The number of hydrogen-bond donors (Lipinski definition) is 2. The van der Waals surface area contributed by atoms with E-state index in [1.807, 2.05) is 13.8 Å². The molecular formula is C18H30N2S. The van der Waals surface area contributed by atoms with Gasteiger partial charge in [0.2, 0.25) is 0 Å². The lowest BCUT2D eigenvalue weighted by atomic mass is 9.70. The zero-order valence-electron chi connectivity index (χ0n) is 14.2. The van der Waals surface area contributed by atoms with Crippen molar-refractivity contribution in [3.8, 4) is 0 Å². The fourth-order valence-corrected chi connectivity index (χ4v) is 2.73. The van der Waals surface area contributed by atoms with Gasteiger partial charge in [-0.2, -0.15) is 12.6 Å². The van der Waals surface area contributed by atoms with Crippen molar-refractivity contribution in [1.29, 1.82) is 0 Å². The Kier molecular flexibility index (Phi) is 5.92. The maximum atomic E-state index is 4.73. The van der Waals surface area contributed by atoms with E-state index in [0.29, 0.717) is 0 Å². The van der Waals surface area contributed by atoms with Crippen LogP contribution in [0.3, 0.4) is 0 Å². The third-order valence-corrected chi connectivity index (χ3v) is 5.13. The number of nitrogens with zero attached hydrogens (tertiary/aromatic N) is 1. The van der Waals surface area contributed by atoms with E-state index in [4.69, 9.17) is 12.6 Å². The Bertz CT molecular complexity index is 473. The van der Waals surface area contributed by atoms with Crippen LogP contribution in [0.4, 0.5) is 0 Å². The molecule has 21 heavy (non-hydrogen) atoms. The average Bonchev–Trinajstić information content (AvgIpc) is 2.42. The van der Waals surface area contributed by atoms with Gasteiger partial charge in [0.1, 0.15) is 0 Å². The third-order valence-electron chi connectivity index (χ3n) is 4.68. The Balaban J connectivity index is 2.77. The van der Waals surface area contributed by atoms with Crippen LogP contribution in [0.5, 0.6) is 0 Å². The Morgan fingerprint density at radius 2 is 1.67 bits per heavy atom. The fraction of sp³-hybridized carbons (Fsp3) is 0.611. The van der Waals surface area contributed by atoms with E-state index in [1.165, 1.54) is 0 Å². The van der Waals surface area contributed by atoms with E-state index >= 15 is 0 Å². The third kappa shape index (κ3) is 5.06. The predicted octanol–water partition coefficient (Wildman–Crippen LogP) is 5.26. The molecule has 0 saturated heterocycles. The maximum absolute atomic E-state index is 4.73. The van der Waals surface area contributed by atoms with Crippen LogP contribution in [-0.4, -0.2) is 10.5 Å². The van der Waals surface area contributed by atoms with Crippen LogP contribution in [0, 0.1) is 5.41 Å². The zero-order valence-corrected chi connectivity index (χ0v) is 15.1. The summed E-state index contributed by atoms with van der Waals surface area (Å²) in [6.07, 6.45) is 6.27. The van der Waals surface area contributed by atoms with Crippen molar-refractivity contribution in [2.75, 3.05) is 0 Å². The molecule has 0 aromatic carbocycles. The molecule has 0 amide bonds. The molecule has 0 aromatic rings. The summed E-state index contributed by atoms with van der Waals surface area (Å²) >= 11 is 4.73. The number of allylic oxidation sites excluding steroid dienone is 4. The van der Waals surface area contributed by atoms with Crippen LogP contribution in [-0.2, 0) is 0 Å². The van der Waals surface area contributed by atoms with Gasteiger partial charge in [0.05, 0.1) is 5.70 Å². The standard InChI is InChI=1S/C18H30N2S/c1-8-13(2)19-14(3)15(4)20-16(5)17(6)9-11-18(7,21)12-10-17/h8,20-21H,1,5,9-12H2,2-4,6-7H3/b15-14+,19-13-. The number of rotatable bonds is 5. The molecule has 0 aliphatic heterocycles. The second kappa shape index (κ2) is 6.87. The summed E-state index contributed by atoms with van der Waals surface area (Å²) in [5.74, 6) is 0. The summed E-state index contributed by atoms with van der Waals surface area (Å²) in [4.78, 5) is 4.50. The fourth-order valence-electron chi connectivity index (χ4n) is 2.50. The summed E-state index contributed by atoms with van der Waals surface area (Å²) in [6.45, 7) is 18.6. The van der Waals surface area contributed by atoms with Crippen molar-refractivity contribution >= 4 is 18.3 Å². The van der Waals surface area contributed by atoms with Crippen LogP contribution in [0.2, 0.25) is 0 Å². The van der Waals surface area contributed by atoms with Crippen molar-refractivity contribution < 1.29 is 0 Å². The van der Waals surface area contributed by atoms with Crippen molar-refractivity contribution in [2.45, 2.75) is 65.0 Å². The minimum Gasteiger partial charge on any atom is -0.361 e. The SMILES string of the molecule is C=C/C(C)=N\C(C)=C(/C)NC(=C)C1(C)CCC(C)(S)CC1. The van der Waals surface area contributed by atoms with Gasteiger partial charge in [0.15, 0.2) is 0 Å². The summed E-state index contributed by atoms with van der Waals surface area (Å²) in [7, 11) is 0. The van der Waals surface area contributed by atoms with Gasteiger partial charge in [0, 0.05) is 27.3 Å². The first-order valence-electron chi connectivity index (χ1n) is 7.64. The van der Waals surface area contributed by atoms with Crippen molar-refractivity contribution in [2.24, 2.45) is 10.4 Å². The summed E-state index contributed by atoms with van der Waals surface area (Å²) < 4.78 is 0.173. The monoisotopic (exact) mass is 306 g/mol. The topological polar surface area (TPSA) is 24.4 Å². The molecule has 0 radical (unpaired) electrons. The van der Waals surface area contributed by atoms with Gasteiger partial charge < -0.3 is 5.32 Å². The maximum Gasteiger partial charge on any atom is 0.0565 e. The zero-order chi connectivity index (χ0) is 16.3. The lowest BCUT2D eigenvalue weighted by Gasteiger charge is -2.42. The van der Waals surface area contributed by atoms with Crippen LogP contribution in [0.15, 0.2) is 41.3 Å². The normalized spacial score (nSPS) is 31.4. The van der Waals surface area contributed by atoms with Gasteiger partial charge in [-0.05, 0) is 52.5 Å². The van der Waals surface area contributed by atoms with Crippen molar-refractivity contribution in [3.05, 3.63) is 36.3 Å². The highest BCUT2D eigenvalue weighted by atomic mass is 32.1. The van der Waals surface area contributed by atoms with Gasteiger partial charge in [-0.25, -0.2) is 0 Å². The smallest absolute Gasteiger partial charge is 0.0565 e. The van der Waals surface area contributed by atoms with E-state index in [1.54, 1.807) is 6.08 Å². The lowest BCUT2D eigenvalue weighted by Crippen LogP contribution is -2.36. The Morgan fingerprint density at radius 3 is 2.14 bits per heavy atom. The molecule has 0 heterocycles. The molecule has 1 aliphatic carbocycles. The van der Waals surface area contributed by atoms with Gasteiger partial charge in [-0.1, -0.05) is 27.0 Å². The van der Waals surface area contributed by atoms with E-state index < -0.39 is 0 Å². The second-order valence-electron chi connectivity index (χ2n) is 6.83. The summed E-state index contributed by atoms with van der Waals surface area (Å²) in [6, 6.07) is 0. The molecule has 1 aliphatic rings. The highest BCUT2D eigenvalue weighted by Crippen LogP contribution is 2.46. The van der Waals surface area contributed by atoms with Crippen LogP contribution in [0.1, 0.15) is 60.3 Å². The minimum absolute atomic E-state index is 0.140. The average molecular weight is 307 g/mol. The molecule has 0 spiro atoms. The number of nitrogens with one attached hydrogen (secondary N) is 1. The molecule has 1 saturated carbocycles. The largest absolute Gasteiger partial charge is 0.361 e. The Hall–Kier alpha value is -0.960. The summed E-state index contributed by atoms with van der Waals surface area (Å²) in [5, 5.41) is 3.47. The molecule has 0 bridgehead atoms. The van der Waals surface area contributed by atoms with E-state index in [-0.39, 0.29) is 10.2 Å². The van der Waals surface area contributed by atoms with E-state index in [9.17, 15) is 0 Å². The number of aliphatic imine (C=N–C) groups is 1. The Labute approximate surface area is 135 Å². The number of thiol groups is 1. The first kappa shape index (κ1) is 18.1. The molecule has 0 aromatic heterocycles. The minimum atomic E-state index is 0.140. The van der Waals surface area contributed by atoms with E-state index in [0.717, 1.165) is 48.5 Å². The van der Waals surface area contributed by atoms with Gasteiger partial charge in [0.25, 0.3) is 0 Å². The molecule has 2 nitrogen and oxygen atoms in total. The van der Waals surface area contributed by atoms with Gasteiger partial charge >= 0.3 is 0 Å². The first-order chi connectivity index (χ1) is 9.59.